The molecule has 0 fully saturated rings. The zero-order valence-corrected chi connectivity index (χ0v) is 13.7. The van der Waals surface area contributed by atoms with Crippen molar-refractivity contribution in [2.24, 2.45) is 0 Å². The highest BCUT2D eigenvalue weighted by atomic mass is 16.3. The highest BCUT2D eigenvalue weighted by Crippen LogP contribution is 2.20. The van der Waals surface area contributed by atoms with E-state index in [0.29, 0.717) is 12.0 Å². The maximum Gasteiger partial charge on any atom is 0.107 e. The highest BCUT2D eigenvalue weighted by molar-refractivity contribution is 5.09. The number of aryl methyl sites for hydroxylation is 1. The van der Waals surface area contributed by atoms with E-state index in [2.05, 4.69) is 25.2 Å². The van der Waals surface area contributed by atoms with Crippen LogP contribution in [0.25, 0.3) is 0 Å². The molecule has 0 amide bonds. The summed E-state index contributed by atoms with van der Waals surface area (Å²) >= 11 is 0. The van der Waals surface area contributed by atoms with Crippen LogP contribution in [-0.2, 0) is 0 Å². The first-order chi connectivity index (χ1) is 9.28. The lowest BCUT2D eigenvalue weighted by Gasteiger charge is -2.19. The number of aliphatic hydroxyl groups is 1. The van der Waals surface area contributed by atoms with Crippen LogP contribution in [0.3, 0.4) is 0 Å². The van der Waals surface area contributed by atoms with Gasteiger partial charge < -0.3 is 14.8 Å². The Hall–Kier alpha value is -0.800. The van der Waals surface area contributed by atoms with Gasteiger partial charge in [0.15, 0.2) is 0 Å². The van der Waals surface area contributed by atoms with Crippen molar-refractivity contribution in [2.45, 2.75) is 77.9 Å². The average Bonchev–Trinajstić information content (AvgIpc) is 2.74. The molecule has 2 N–H and O–H groups in total. The fourth-order valence-electron chi connectivity index (χ4n) is 2.35. The minimum atomic E-state index is -0.536. The molecule has 0 aromatic carbocycles. The first-order valence-electron chi connectivity index (χ1n) is 7.80. The van der Waals surface area contributed by atoms with Crippen LogP contribution in [-0.4, -0.2) is 23.3 Å². The smallest absolute Gasteiger partial charge is 0.107 e. The Balaban J connectivity index is 2.14. The van der Waals surface area contributed by atoms with Gasteiger partial charge in [-0.05, 0) is 72.1 Å². The van der Waals surface area contributed by atoms with E-state index in [9.17, 15) is 5.11 Å². The molecule has 1 aromatic heterocycles. The van der Waals surface area contributed by atoms with Crippen molar-refractivity contribution in [2.75, 3.05) is 6.54 Å². The van der Waals surface area contributed by atoms with Crippen molar-refractivity contribution in [3.8, 4) is 0 Å². The van der Waals surface area contributed by atoms with Crippen molar-refractivity contribution in [1.29, 1.82) is 0 Å². The number of furan rings is 1. The van der Waals surface area contributed by atoms with E-state index in [1.807, 2.05) is 26.8 Å². The third-order valence-electron chi connectivity index (χ3n) is 3.74. The summed E-state index contributed by atoms with van der Waals surface area (Å²) in [7, 11) is 0. The van der Waals surface area contributed by atoms with E-state index in [4.69, 9.17) is 4.42 Å². The van der Waals surface area contributed by atoms with E-state index in [1.165, 1.54) is 0 Å². The molecule has 0 bridgehead atoms. The molecule has 0 aliphatic rings. The molecular weight excluding hydrogens is 250 g/mol. The van der Waals surface area contributed by atoms with Crippen molar-refractivity contribution < 1.29 is 9.52 Å². The molecule has 0 aliphatic heterocycles. The second kappa shape index (κ2) is 7.84. The van der Waals surface area contributed by atoms with Crippen molar-refractivity contribution in [1.82, 2.24) is 5.32 Å². The molecule has 0 spiro atoms. The minimum absolute atomic E-state index is 0.458. The fourth-order valence-corrected chi connectivity index (χ4v) is 2.35. The summed E-state index contributed by atoms with van der Waals surface area (Å²) in [4.78, 5) is 0. The minimum Gasteiger partial charge on any atom is -0.466 e. The number of rotatable bonds is 9. The maximum absolute atomic E-state index is 9.68. The highest BCUT2D eigenvalue weighted by Gasteiger charge is 2.13. The molecule has 2 atom stereocenters. The monoisotopic (exact) mass is 281 g/mol. The van der Waals surface area contributed by atoms with Crippen molar-refractivity contribution in [3.05, 3.63) is 23.7 Å². The van der Waals surface area contributed by atoms with E-state index in [0.717, 1.165) is 43.7 Å². The van der Waals surface area contributed by atoms with E-state index in [-0.39, 0.29) is 0 Å². The van der Waals surface area contributed by atoms with Gasteiger partial charge in [-0.25, -0.2) is 0 Å². The van der Waals surface area contributed by atoms with Crippen LogP contribution in [0.4, 0.5) is 0 Å². The number of hydrogen-bond donors (Lipinski definition) is 2. The van der Waals surface area contributed by atoms with Gasteiger partial charge in [0, 0.05) is 12.0 Å². The van der Waals surface area contributed by atoms with E-state index >= 15 is 0 Å². The van der Waals surface area contributed by atoms with Crippen LogP contribution in [0, 0.1) is 6.92 Å². The quantitative estimate of drug-likeness (QED) is 0.719. The van der Waals surface area contributed by atoms with Gasteiger partial charge >= 0.3 is 0 Å². The summed E-state index contributed by atoms with van der Waals surface area (Å²) in [5.74, 6) is 2.53. The lowest BCUT2D eigenvalue weighted by Crippen LogP contribution is -2.28. The van der Waals surface area contributed by atoms with Gasteiger partial charge in [0.05, 0.1) is 5.60 Å². The third kappa shape index (κ3) is 7.11. The lowest BCUT2D eigenvalue weighted by molar-refractivity contribution is 0.0675. The molecule has 0 saturated carbocycles. The Morgan fingerprint density at radius 2 is 1.95 bits per heavy atom. The molecule has 20 heavy (non-hydrogen) atoms. The Bertz CT molecular complexity index is 379. The Morgan fingerprint density at radius 1 is 1.25 bits per heavy atom. The molecule has 0 radical (unpaired) electrons. The molecule has 0 aliphatic carbocycles. The van der Waals surface area contributed by atoms with Crippen LogP contribution in [0.5, 0.6) is 0 Å². The zero-order chi connectivity index (χ0) is 15.2. The fraction of sp³-hybridized carbons (Fsp3) is 0.765. The summed E-state index contributed by atoms with van der Waals surface area (Å²) in [6.45, 7) is 11.2. The third-order valence-corrected chi connectivity index (χ3v) is 3.74. The predicted molar refractivity (Wildman–Crippen MR) is 84.1 cm³/mol. The molecule has 1 heterocycles. The summed E-state index contributed by atoms with van der Waals surface area (Å²) in [5, 5.41) is 13.2. The maximum atomic E-state index is 9.68. The lowest BCUT2D eigenvalue weighted by atomic mass is 9.99. The molecule has 2 unspecified atom stereocenters. The second-order valence-corrected chi connectivity index (χ2v) is 6.70. The zero-order valence-electron chi connectivity index (χ0n) is 13.7. The molecule has 116 valence electrons. The van der Waals surface area contributed by atoms with Crippen LogP contribution in [0.2, 0.25) is 0 Å². The Kier molecular flexibility index (Phi) is 6.77. The van der Waals surface area contributed by atoms with E-state index < -0.39 is 5.60 Å². The number of hydrogen-bond acceptors (Lipinski definition) is 3. The molecule has 3 nitrogen and oxygen atoms in total. The predicted octanol–water partition coefficient (Wildman–Crippen LogP) is 4.00. The molecule has 0 saturated heterocycles. The summed E-state index contributed by atoms with van der Waals surface area (Å²) in [6.07, 6.45) is 4.12. The van der Waals surface area contributed by atoms with Gasteiger partial charge in [0.1, 0.15) is 11.5 Å². The summed E-state index contributed by atoms with van der Waals surface area (Å²) in [5.41, 5.74) is -0.536. The number of nitrogens with one attached hydrogen (secondary N) is 1. The first-order valence-corrected chi connectivity index (χ1v) is 7.80. The van der Waals surface area contributed by atoms with Crippen molar-refractivity contribution >= 4 is 0 Å². The van der Waals surface area contributed by atoms with Crippen LogP contribution in [0.1, 0.15) is 70.8 Å². The SMILES string of the molecule is Cc1ccc(C(C)CCNC(C)CCCC(C)(C)O)o1. The van der Waals surface area contributed by atoms with Gasteiger partial charge in [0.2, 0.25) is 0 Å². The Labute approximate surface area is 123 Å². The van der Waals surface area contributed by atoms with Crippen LogP contribution < -0.4 is 5.32 Å². The molecular formula is C17H31NO2. The average molecular weight is 281 g/mol. The normalized spacial score (nSPS) is 15.3. The van der Waals surface area contributed by atoms with Gasteiger partial charge in [-0.3, -0.25) is 0 Å². The molecule has 1 rings (SSSR count). The topological polar surface area (TPSA) is 45.4 Å². The van der Waals surface area contributed by atoms with Gasteiger partial charge in [-0.1, -0.05) is 6.92 Å². The van der Waals surface area contributed by atoms with Crippen LogP contribution in [0.15, 0.2) is 16.5 Å². The Morgan fingerprint density at radius 3 is 2.50 bits per heavy atom. The van der Waals surface area contributed by atoms with Crippen LogP contribution >= 0.6 is 0 Å². The van der Waals surface area contributed by atoms with Gasteiger partial charge in [-0.2, -0.15) is 0 Å². The summed E-state index contributed by atoms with van der Waals surface area (Å²) < 4.78 is 5.65. The largest absolute Gasteiger partial charge is 0.466 e. The first kappa shape index (κ1) is 17.3. The second-order valence-electron chi connectivity index (χ2n) is 6.70. The standard InChI is InChI=1S/C17H31NO2/c1-13(16-9-8-15(3)20-16)10-12-18-14(2)7-6-11-17(4,5)19/h8-9,13-14,18-19H,6-7,10-12H2,1-5H3. The van der Waals surface area contributed by atoms with Gasteiger partial charge in [0.25, 0.3) is 0 Å². The van der Waals surface area contributed by atoms with E-state index in [1.54, 1.807) is 0 Å². The van der Waals surface area contributed by atoms with Gasteiger partial charge in [-0.15, -0.1) is 0 Å². The van der Waals surface area contributed by atoms with Crippen molar-refractivity contribution in [3.63, 3.8) is 0 Å². The molecule has 3 heteroatoms. The molecule has 1 aromatic rings. The summed E-state index contributed by atoms with van der Waals surface area (Å²) in [6, 6.07) is 4.61.